The number of methoxy groups -OCH3 is 2. The molecule has 0 spiro atoms. The monoisotopic (exact) mass is 386 g/mol. The Morgan fingerprint density at radius 2 is 1.88 bits per heavy atom. The van der Waals surface area contributed by atoms with E-state index < -0.39 is 0 Å². The van der Waals surface area contributed by atoms with Gasteiger partial charge in [-0.05, 0) is 30.0 Å². The molecule has 0 bridgehead atoms. The maximum absolute atomic E-state index is 12.5. The highest BCUT2D eigenvalue weighted by Crippen LogP contribution is 2.35. The van der Waals surface area contributed by atoms with Gasteiger partial charge < -0.3 is 24.5 Å². The van der Waals surface area contributed by atoms with Crippen LogP contribution in [0.5, 0.6) is 11.5 Å². The summed E-state index contributed by atoms with van der Waals surface area (Å²) in [4.78, 5) is 15.2. The summed E-state index contributed by atoms with van der Waals surface area (Å²) < 4.78 is 15.9. The molecular weight excluding hydrogens is 364 g/mol. The van der Waals surface area contributed by atoms with Crippen LogP contribution in [0.4, 0.5) is 0 Å². The van der Waals surface area contributed by atoms with Crippen LogP contribution in [0.2, 0.25) is 0 Å². The predicted molar refractivity (Wildman–Crippen MR) is 101 cm³/mol. The van der Waals surface area contributed by atoms with Crippen molar-refractivity contribution in [1.29, 1.82) is 0 Å². The Morgan fingerprint density at radius 3 is 2.40 bits per heavy atom. The summed E-state index contributed by atoms with van der Waals surface area (Å²) in [6.45, 7) is 0.710. The van der Waals surface area contributed by atoms with E-state index in [1.54, 1.807) is 44.0 Å². The van der Waals surface area contributed by atoms with Gasteiger partial charge >= 0.3 is 0 Å². The van der Waals surface area contributed by atoms with Gasteiger partial charge in [0.2, 0.25) is 0 Å². The van der Waals surface area contributed by atoms with Crippen molar-refractivity contribution >= 4 is 30.1 Å². The molecule has 0 aliphatic rings. The van der Waals surface area contributed by atoms with Crippen molar-refractivity contribution in [3.8, 4) is 11.5 Å². The van der Waals surface area contributed by atoms with E-state index in [2.05, 4.69) is 0 Å². The van der Waals surface area contributed by atoms with Crippen LogP contribution in [-0.4, -0.2) is 38.3 Å². The standard InChI is InChI=1S/C17H22N2O4S.ClH/c1-19(17(20)12-5-13(8-18)23-10-12)9-11-6-14(21-2)15(22-3)7-16(11)24-4;/h5-7,10H,8-9,18H2,1-4H3;1H. The summed E-state index contributed by atoms with van der Waals surface area (Å²) >= 11 is 1.59. The van der Waals surface area contributed by atoms with Gasteiger partial charge in [-0.3, -0.25) is 4.79 Å². The van der Waals surface area contributed by atoms with Gasteiger partial charge in [0, 0.05) is 18.5 Å². The SMILES string of the molecule is COc1cc(CN(C)C(=O)c2coc(CN)c2)c(SC)cc1OC.Cl. The van der Waals surface area contributed by atoms with Crippen LogP contribution in [0.25, 0.3) is 0 Å². The van der Waals surface area contributed by atoms with Crippen molar-refractivity contribution in [2.24, 2.45) is 5.73 Å². The van der Waals surface area contributed by atoms with Crippen molar-refractivity contribution in [1.82, 2.24) is 4.90 Å². The molecule has 1 amide bonds. The number of carbonyl (C=O) groups excluding carboxylic acids is 1. The minimum Gasteiger partial charge on any atom is -0.493 e. The average molecular weight is 387 g/mol. The molecule has 2 N–H and O–H groups in total. The lowest BCUT2D eigenvalue weighted by Crippen LogP contribution is -2.26. The van der Waals surface area contributed by atoms with Crippen molar-refractivity contribution in [3.63, 3.8) is 0 Å². The number of hydrogen-bond acceptors (Lipinski definition) is 6. The highest BCUT2D eigenvalue weighted by molar-refractivity contribution is 7.98. The molecule has 0 saturated heterocycles. The summed E-state index contributed by atoms with van der Waals surface area (Å²) in [5, 5.41) is 0. The van der Waals surface area contributed by atoms with Crippen molar-refractivity contribution < 1.29 is 18.7 Å². The van der Waals surface area contributed by atoms with E-state index in [9.17, 15) is 4.79 Å². The molecule has 138 valence electrons. The third kappa shape index (κ3) is 4.84. The zero-order chi connectivity index (χ0) is 17.7. The summed E-state index contributed by atoms with van der Waals surface area (Å²) in [5.74, 6) is 1.77. The number of thioether (sulfide) groups is 1. The van der Waals surface area contributed by atoms with E-state index in [0.29, 0.717) is 29.4 Å². The fraction of sp³-hybridized carbons (Fsp3) is 0.353. The molecule has 0 unspecified atom stereocenters. The predicted octanol–water partition coefficient (Wildman–Crippen LogP) is 3.17. The minimum absolute atomic E-state index is 0. The molecule has 0 saturated carbocycles. The van der Waals surface area contributed by atoms with Gasteiger partial charge in [0.25, 0.3) is 5.91 Å². The molecule has 0 aliphatic carbocycles. The van der Waals surface area contributed by atoms with Gasteiger partial charge in [-0.15, -0.1) is 24.2 Å². The third-order valence-electron chi connectivity index (χ3n) is 3.64. The second-order valence-corrected chi connectivity index (χ2v) is 6.03. The first-order valence-electron chi connectivity index (χ1n) is 7.35. The maximum atomic E-state index is 12.5. The molecule has 6 nitrogen and oxygen atoms in total. The second-order valence-electron chi connectivity index (χ2n) is 5.19. The number of halogens is 1. The van der Waals surface area contributed by atoms with Crippen molar-refractivity contribution in [3.05, 3.63) is 41.3 Å². The number of carbonyl (C=O) groups is 1. The third-order valence-corrected chi connectivity index (χ3v) is 4.46. The Labute approximate surface area is 158 Å². The summed E-state index contributed by atoms with van der Waals surface area (Å²) in [5.41, 5.74) is 6.99. The van der Waals surface area contributed by atoms with Gasteiger partial charge in [-0.1, -0.05) is 0 Å². The van der Waals surface area contributed by atoms with Crippen LogP contribution in [0, 0.1) is 0 Å². The maximum Gasteiger partial charge on any atom is 0.257 e. The van der Waals surface area contributed by atoms with Crippen LogP contribution in [0.1, 0.15) is 21.7 Å². The second kappa shape index (κ2) is 9.60. The molecule has 25 heavy (non-hydrogen) atoms. The Balaban J connectivity index is 0.00000312. The first-order valence-corrected chi connectivity index (χ1v) is 8.58. The van der Waals surface area contributed by atoms with Gasteiger partial charge in [0.1, 0.15) is 12.0 Å². The number of hydrogen-bond donors (Lipinski definition) is 1. The van der Waals surface area contributed by atoms with E-state index in [4.69, 9.17) is 19.6 Å². The number of nitrogens with two attached hydrogens (primary N) is 1. The Bertz CT molecular complexity index is 721. The quantitative estimate of drug-likeness (QED) is 0.736. The van der Waals surface area contributed by atoms with Gasteiger partial charge in [-0.2, -0.15) is 0 Å². The van der Waals surface area contributed by atoms with E-state index in [1.165, 1.54) is 6.26 Å². The number of amides is 1. The number of benzene rings is 1. The normalized spacial score (nSPS) is 10.1. The Hall–Kier alpha value is -1.83. The van der Waals surface area contributed by atoms with E-state index in [1.807, 2.05) is 18.4 Å². The number of ether oxygens (including phenoxy) is 2. The number of furan rings is 1. The van der Waals surface area contributed by atoms with Gasteiger partial charge in [-0.25, -0.2) is 0 Å². The average Bonchev–Trinajstić information content (AvgIpc) is 3.09. The summed E-state index contributed by atoms with van der Waals surface area (Å²) in [6.07, 6.45) is 3.42. The Morgan fingerprint density at radius 1 is 1.24 bits per heavy atom. The molecule has 8 heteroatoms. The van der Waals surface area contributed by atoms with Crippen LogP contribution in [-0.2, 0) is 13.1 Å². The van der Waals surface area contributed by atoms with E-state index in [-0.39, 0.29) is 24.9 Å². The highest BCUT2D eigenvalue weighted by atomic mass is 35.5. The van der Waals surface area contributed by atoms with Crippen molar-refractivity contribution in [2.45, 2.75) is 18.0 Å². The van der Waals surface area contributed by atoms with Gasteiger partial charge in [0.05, 0.1) is 26.3 Å². The molecular formula is C17H23ClN2O4S. The van der Waals surface area contributed by atoms with Crippen LogP contribution < -0.4 is 15.2 Å². The van der Waals surface area contributed by atoms with E-state index in [0.717, 1.165) is 10.5 Å². The van der Waals surface area contributed by atoms with Crippen LogP contribution in [0.3, 0.4) is 0 Å². The van der Waals surface area contributed by atoms with Crippen molar-refractivity contribution in [2.75, 3.05) is 27.5 Å². The fourth-order valence-electron chi connectivity index (χ4n) is 2.36. The lowest BCUT2D eigenvalue weighted by Gasteiger charge is -2.20. The molecule has 0 radical (unpaired) electrons. The van der Waals surface area contributed by atoms with Crippen LogP contribution >= 0.6 is 24.2 Å². The zero-order valence-electron chi connectivity index (χ0n) is 14.7. The first kappa shape index (κ1) is 21.2. The highest BCUT2D eigenvalue weighted by Gasteiger charge is 2.18. The summed E-state index contributed by atoms with van der Waals surface area (Å²) in [7, 11) is 4.94. The molecule has 0 aliphatic heterocycles. The fourth-order valence-corrected chi connectivity index (χ4v) is 2.97. The molecule has 1 aromatic heterocycles. The molecule has 2 rings (SSSR count). The summed E-state index contributed by atoms with van der Waals surface area (Å²) in [6, 6.07) is 5.49. The van der Waals surface area contributed by atoms with Gasteiger partial charge in [0.15, 0.2) is 11.5 Å². The molecule has 0 fully saturated rings. The van der Waals surface area contributed by atoms with Crippen LogP contribution in [0.15, 0.2) is 33.8 Å². The Kier molecular flexibility index (Phi) is 8.15. The number of rotatable bonds is 7. The molecule has 1 heterocycles. The van der Waals surface area contributed by atoms with E-state index >= 15 is 0 Å². The molecule has 1 aromatic carbocycles. The largest absolute Gasteiger partial charge is 0.493 e. The smallest absolute Gasteiger partial charge is 0.257 e. The lowest BCUT2D eigenvalue weighted by atomic mass is 10.1. The zero-order valence-corrected chi connectivity index (χ0v) is 16.3. The molecule has 0 atom stereocenters. The topological polar surface area (TPSA) is 77.9 Å². The first-order chi connectivity index (χ1) is 11.5. The number of nitrogens with zero attached hydrogens (tertiary/aromatic N) is 1. The molecule has 2 aromatic rings. The minimum atomic E-state index is -0.125. The lowest BCUT2D eigenvalue weighted by molar-refractivity contribution is 0.0783.